The van der Waals surface area contributed by atoms with Crippen LogP contribution in [-0.2, 0) is 10.3 Å². The maximum absolute atomic E-state index is 13.7. The van der Waals surface area contributed by atoms with E-state index in [9.17, 15) is 14.0 Å². The molecule has 2 aromatic carbocycles. The second kappa shape index (κ2) is 7.15. The highest BCUT2D eigenvalue weighted by Gasteiger charge is 2.32. The lowest BCUT2D eigenvalue weighted by molar-refractivity contribution is -0.123. The lowest BCUT2D eigenvalue weighted by Gasteiger charge is -2.25. The van der Waals surface area contributed by atoms with Crippen LogP contribution in [0.3, 0.4) is 0 Å². The van der Waals surface area contributed by atoms with Gasteiger partial charge in [0.1, 0.15) is 11.4 Å². The Bertz CT molecular complexity index is 1040. The van der Waals surface area contributed by atoms with Crippen LogP contribution in [-0.4, -0.2) is 15.7 Å². The molecular weight excluding hydrogens is 345 g/mol. The fourth-order valence-electron chi connectivity index (χ4n) is 2.63. The first kappa shape index (κ1) is 18.5. The highest BCUT2D eigenvalue weighted by molar-refractivity contribution is 5.96. The Labute approximate surface area is 156 Å². The summed E-state index contributed by atoms with van der Waals surface area (Å²) in [6.07, 6.45) is 0. The van der Waals surface area contributed by atoms with Gasteiger partial charge in [0.05, 0.1) is 5.69 Å². The molecule has 3 rings (SSSR count). The van der Waals surface area contributed by atoms with Crippen molar-refractivity contribution in [2.75, 3.05) is 5.32 Å². The highest BCUT2D eigenvalue weighted by atomic mass is 19.1. The highest BCUT2D eigenvalue weighted by Crippen LogP contribution is 2.20. The average Bonchev–Trinajstić information content (AvgIpc) is 2.65. The third kappa shape index (κ3) is 3.79. The van der Waals surface area contributed by atoms with E-state index in [-0.39, 0.29) is 0 Å². The molecule has 0 saturated carbocycles. The number of nitrogens with one attached hydrogen (secondary N) is 1. The molecule has 0 aliphatic heterocycles. The zero-order chi connectivity index (χ0) is 19.6. The van der Waals surface area contributed by atoms with Crippen molar-refractivity contribution in [1.29, 1.82) is 0 Å². The monoisotopic (exact) mass is 365 g/mol. The van der Waals surface area contributed by atoms with Gasteiger partial charge in [0, 0.05) is 17.3 Å². The zero-order valence-electron chi connectivity index (χ0n) is 15.4. The minimum atomic E-state index is -1.27. The van der Waals surface area contributed by atoms with Crippen LogP contribution in [0, 0.1) is 12.7 Å². The first-order chi connectivity index (χ1) is 12.8. The Morgan fingerprint density at radius 3 is 2.44 bits per heavy atom. The molecular formula is C21H20FN3O2. The van der Waals surface area contributed by atoms with E-state index in [1.807, 2.05) is 30.3 Å². The van der Waals surface area contributed by atoms with Crippen molar-refractivity contribution in [2.24, 2.45) is 0 Å². The number of carbonyl (C=O) groups excluding carboxylic acids is 1. The molecule has 1 aromatic heterocycles. The number of aromatic nitrogens is 2. The second-order valence-corrected chi connectivity index (χ2v) is 6.81. The van der Waals surface area contributed by atoms with Crippen LogP contribution >= 0.6 is 0 Å². The summed E-state index contributed by atoms with van der Waals surface area (Å²) in [5.74, 6) is -0.877. The number of halogens is 1. The van der Waals surface area contributed by atoms with E-state index in [0.29, 0.717) is 16.9 Å². The Morgan fingerprint density at radius 2 is 1.78 bits per heavy atom. The molecule has 138 valence electrons. The number of carbonyl (C=O) groups is 1. The summed E-state index contributed by atoms with van der Waals surface area (Å²) in [6.45, 7) is 4.83. The molecule has 1 amide bonds. The molecule has 5 nitrogen and oxygen atoms in total. The fraction of sp³-hybridized carbons (Fsp3) is 0.190. The number of hydrogen-bond acceptors (Lipinski definition) is 3. The van der Waals surface area contributed by atoms with Gasteiger partial charge in [0.25, 0.3) is 11.5 Å². The topological polar surface area (TPSA) is 64.0 Å². The van der Waals surface area contributed by atoms with E-state index in [2.05, 4.69) is 10.4 Å². The van der Waals surface area contributed by atoms with Crippen LogP contribution in [0.2, 0.25) is 0 Å². The molecule has 1 heterocycles. The van der Waals surface area contributed by atoms with Gasteiger partial charge in [0.15, 0.2) is 0 Å². The van der Waals surface area contributed by atoms with Crippen molar-refractivity contribution in [3.63, 3.8) is 0 Å². The SMILES string of the molecule is Cc1ccc(NC(=O)C(C)(C)n2nc(-c3ccccc3)ccc2=O)cc1F. The standard InChI is InChI=1S/C21H20FN3O2/c1-14-9-10-16(13-17(14)22)23-20(27)21(2,3)25-19(26)12-11-18(24-25)15-7-5-4-6-8-15/h4-13H,1-3H3,(H,23,27). The second-order valence-electron chi connectivity index (χ2n) is 6.81. The summed E-state index contributed by atoms with van der Waals surface area (Å²) in [7, 11) is 0. The average molecular weight is 365 g/mol. The van der Waals surface area contributed by atoms with Crippen LogP contribution in [0.5, 0.6) is 0 Å². The normalized spacial score (nSPS) is 11.3. The van der Waals surface area contributed by atoms with E-state index in [1.54, 1.807) is 39.0 Å². The number of amides is 1. The van der Waals surface area contributed by atoms with Crippen LogP contribution in [0.1, 0.15) is 19.4 Å². The van der Waals surface area contributed by atoms with Crippen molar-refractivity contribution in [3.8, 4) is 11.3 Å². The van der Waals surface area contributed by atoms with Gasteiger partial charge < -0.3 is 5.32 Å². The number of anilines is 1. The molecule has 1 N–H and O–H groups in total. The van der Waals surface area contributed by atoms with E-state index in [0.717, 1.165) is 10.2 Å². The predicted molar refractivity (Wildman–Crippen MR) is 103 cm³/mol. The molecule has 0 bridgehead atoms. The van der Waals surface area contributed by atoms with E-state index >= 15 is 0 Å². The van der Waals surface area contributed by atoms with Crippen LogP contribution in [0.25, 0.3) is 11.3 Å². The molecule has 0 saturated heterocycles. The summed E-state index contributed by atoms with van der Waals surface area (Å²) in [6, 6.07) is 16.8. The van der Waals surface area contributed by atoms with Crippen molar-refractivity contribution in [2.45, 2.75) is 26.3 Å². The molecule has 0 unspecified atom stereocenters. The van der Waals surface area contributed by atoms with E-state index in [1.165, 1.54) is 12.1 Å². The van der Waals surface area contributed by atoms with E-state index < -0.39 is 22.8 Å². The number of aryl methyl sites for hydroxylation is 1. The number of rotatable bonds is 4. The quantitative estimate of drug-likeness (QED) is 0.766. The van der Waals surface area contributed by atoms with Gasteiger partial charge in [-0.15, -0.1) is 0 Å². The van der Waals surface area contributed by atoms with Crippen molar-refractivity contribution < 1.29 is 9.18 Å². The molecule has 3 aromatic rings. The Morgan fingerprint density at radius 1 is 1.07 bits per heavy atom. The number of hydrogen-bond donors (Lipinski definition) is 1. The summed E-state index contributed by atoms with van der Waals surface area (Å²) in [4.78, 5) is 25.2. The lowest BCUT2D eigenvalue weighted by Crippen LogP contribution is -2.47. The minimum absolute atomic E-state index is 0.323. The van der Waals surface area contributed by atoms with Gasteiger partial charge in [-0.2, -0.15) is 5.10 Å². The maximum atomic E-state index is 13.7. The van der Waals surface area contributed by atoms with Gasteiger partial charge >= 0.3 is 0 Å². The Balaban J connectivity index is 1.94. The van der Waals surface area contributed by atoms with Crippen LogP contribution in [0.4, 0.5) is 10.1 Å². The molecule has 0 aliphatic carbocycles. The minimum Gasteiger partial charge on any atom is -0.324 e. The Hall–Kier alpha value is -3.28. The van der Waals surface area contributed by atoms with Gasteiger partial charge in [-0.05, 0) is 44.5 Å². The van der Waals surface area contributed by atoms with Crippen LogP contribution in [0.15, 0.2) is 65.5 Å². The molecule has 6 heteroatoms. The lowest BCUT2D eigenvalue weighted by atomic mass is 10.0. The fourth-order valence-corrected chi connectivity index (χ4v) is 2.63. The largest absolute Gasteiger partial charge is 0.324 e. The maximum Gasteiger partial charge on any atom is 0.267 e. The number of benzene rings is 2. The van der Waals surface area contributed by atoms with Gasteiger partial charge in [0.2, 0.25) is 0 Å². The summed E-state index contributed by atoms with van der Waals surface area (Å²) >= 11 is 0. The summed E-state index contributed by atoms with van der Waals surface area (Å²) in [5, 5.41) is 7.03. The predicted octanol–water partition coefficient (Wildman–Crippen LogP) is 3.73. The van der Waals surface area contributed by atoms with Gasteiger partial charge in [-0.25, -0.2) is 9.07 Å². The van der Waals surface area contributed by atoms with Crippen molar-refractivity contribution >= 4 is 11.6 Å². The first-order valence-electron chi connectivity index (χ1n) is 8.53. The van der Waals surface area contributed by atoms with Crippen LogP contribution < -0.4 is 10.9 Å². The summed E-state index contributed by atoms with van der Waals surface area (Å²) in [5.41, 5.74) is 0.554. The number of nitrogens with zero attached hydrogens (tertiary/aromatic N) is 2. The smallest absolute Gasteiger partial charge is 0.267 e. The molecule has 0 spiro atoms. The molecule has 0 radical (unpaired) electrons. The molecule has 0 aliphatic rings. The first-order valence-corrected chi connectivity index (χ1v) is 8.53. The van der Waals surface area contributed by atoms with E-state index in [4.69, 9.17) is 0 Å². The molecule has 27 heavy (non-hydrogen) atoms. The molecule has 0 atom stereocenters. The van der Waals surface area contributed by atoms with Crippen molar-refractivity contribution in [1.82, 2.24) is 9.78 Å². The Kier molecular flexibility index (Phi) is 4.90. The van der Waals surface area contributed by atoms with Gasteiger partial charge in [-0.3, -0.25) is 9.59 Å². The summed E-state index contributed by atoms with van der Waals surface area (Å²) < 4.78 is 14.9. The third-order valence-electron chi connectivity index (χ3n) is 4.38. The van der Waals surface area contributed by atoms with Gasteiger partial charge in [-0.1, -0.05) is 36.4 Å². The van der Waals surface area contributed by atoms with Crippen molar-refractivity contribution in [3.05, 3.63) is 82.4 Å². The third-order valence-corrected chi connectivity index (χ3v) is 4.38. The molecule has 0 fully saturated rings. The zero-order valence-corrected chi connectivity index (χ0v) is 15.4.